The van der Waals surface area contributed by atoms with Crippen molar-refractivity contribution in [2.24, 2.45) is 0 Å². The predicted molar refractivity (Wildman–Crippen MR) is 63.9 cm³/mol. The molecule has 1 atom stereocenters. The second-order valence-electron chi connectivity index (χ2n) is 5.01. The van der Waals surface area contributed by atoms with E-state index in [1.165, 1.54) is 22.3 Å². The molecule has 1 aromatic carbocycles. The maximum Gasteiger partial charge on any atom is 0.123 e. The lowest BCUT2D eigenvalue weighted by Crippen LogP contribution is -2.01. The van der Waals surface area contributed by atoms with E-state index < -0.39 is 0 Å². The number of benzene rings is 1. The number of ether oxygens (including phenoxy) is 1. The second-order valence-corrected chi connectivity index (χ2v) is 5.01. The van der Waals surface area contributed by atoms with Gasteiger partial charge in [-0.05, 0) is 42.5 Å². The Balaban J connectivity index is 2.65. The Hall–Kier alpha value is -0.980. The van der Waals surface area contributed by atoms with Gasteiger partial charge in [-0.25, -0.2) is 0 Å². The van der Waals surface area contributed by atoms with Crippen molar-refractivity contribution >= 4 is 0 Å². The third-order valence-corrected chi connectivity index (χ3v) is 3.40. The van der Waals surface area contributed by atoms with E-state index in [-0.39, 0.29) is 0 Å². The topological polar surface area (TPSA) is 9.23 Å². The van der Waals surface area contributed by atoms with Crippen LogP contribution in [0.1, 0.15) is 54.9 Å². The summed E-state index contributed by atoms with van der Waals surface area (Å²) in [5, 5.41) is 0. The van der Waals surface area contributed by atoms with Crippen molar-refractivity contribution in [3.63, 3.8) is 0 Å². The van der Waals surface area contributed by atoms with Crippen LogP contribution < -0.4 is 4.74 Å². The first-order valence-corrected chi connectivity index (χ1v) is 5.79. The largest absolute Gasteiger partial charge is 0.493 e. The van der Waals surface area contributed by atoms with Crippen LogP contribution >= 0.6 is 0 Å². The quantitative estimate of drug-likeness (QED) is 0.673. The highest BCUT2D eigenvalue weighted by molar-refractivity contribution is 5.53. The molecule has 1 nitrogen and oxygen atoms in total. The molecule has 0 N–H and O–H groups in total. The molecule has 2 rings (SSSR count). The standard InChI is InChI=1S/C14H20O/c1-8(2)13-9(3)6-12-14(11(13)5)10(4)7-15-12/h6,8,10H,7H2,1-5H3. The average molecular weight is 204 g/mol. The molecule has 0 saturated carbocycles. The highest BCUT2D eigenvalue weighted by Crippen LogP contribution is 2.40. The molecule has 1 heterocycles. The van der Waals surface area contributed by atoms with Gasteiger partial charge in [-0.3, -0.25) is 0 Å². The summed E-state index contributed by atoms with van der Waals surface area (Å²) in [6.07, 6.45) is 0. The van der Waals surface area contributed by atoms with E-state index in [1.807, 2.05) is 0 Å². The van der Waals surface area contributed by atoms with E-state index in [1.54, 1.807) is 0 Å². The maximum atomic E-state index is 5.71. The summed E-state index contributed by atoms with van der Waals surface area (Å²) in [5.41, 5.74) is 5.76. The third-order valence-electron chi connectivity index (χ3n) is 3.40. The summed E-state index contributed by atoms with van der Waals surface area (Å²) >= 11 is 0. The van der Waals surface area contributed by atoms with Crippen molar-refractivity contribution in [1.29, 1.82) is 0 Å². The SMILES string of the molecule is Cc1cc2c(c(C)c1C(C)C)C(C)CO2. The molecule has 1 heteroatoms. The van der Waals surface area contributed by atoms with Crippen LogP contribution in [-0.4, -0.2) is 6.61 Å². The minimum absolute atomic E-state index is 0.554. The van der Waals surface area contributed by atoms with Crippen molar-refractivity contribution < 1.29 is 4.74 Å². The van der Waals surface area contributed by atoms with Crippen LogP contribution in [0.2, 0.25) is 0 Å². The molecule has 1 aromatic rings. The molecule has 82 valence electrons. The van der Waals surface area contributed by atoms with E-state index in [0.29, 0.717) is 11.8 Å². The van der Waals surface area contributed by atoms with Gasteiger partial charge in [-0.1, -0.05) is 20.8 Å². The molecule has 1 aliphatic heterocycles. The Morgan fingerprint density at radius 1 is 1.33 bits per heavy atom. The Morgan fingerprint density at radius 2 is 2.00 bits per heavy atom. The Labute approximate surface area is 92.5 Å². The maximum absolute atomic E-state index is 5.71. The number of hydrogen-bond acceptors (Lipinski definition) is 1. The van der Waals surface area contributed by atoms with Gasteiger partial charge >= 0.3 is 0 Å². The van der Waals surface area contributed by atoms with Crippen LogP contribution in [0.15, 0.2) is 6.07 Å². The molecular weight excluding hydrogens is 184 g/mol. The van der Waals surface area contributed by atoms with Crippen LogP contribution in [0.25, 0.3) is 0 Å². The molecule has 0 saturated heterocycles. The van der Waals surface area contributed by atoms with Gasteiger partial charge in [-0.15, -0.1) is 0 Å². The van der Waals surface area contributed by atoms with Gasteiger partial charge in [0.2, 0.25) is 0 Å². The van der Waals surface area contributed by atoms with Crippen molar-refractivity contribution in [2.45, 2.75) is 46.5 Å². The second kappa shape index (κ2) is 3.55. The van der Waals surface area contributed by atoms with Crippen LogP contribution in [0.3, 0.4) is 0 Å². The molecule has 0 aliphatic carbocycles. The van der Waals surface area contributed by atoms with Crippen LogP contribution in [0.4, 0.5) is 0 Å². The monoisotopic (exact) mass is 204 g/mol. The summed E-state index contributed by atoms with van der Waals surface area (Å²) in [6, 6.07) is 2.21. The Kier molecular flexibility index (Phi) is 2.49. The van der Waals surface area contributed by atoms with E-state index in [0.717, 1.165) is 12.4 Å². The molecule has 1 aliphatic rings. The fraction of sp³-hybridized carbons (Fsp3) is 0.571. The fourth-order valence-electron chi connectivity index (χ4n) is 2.90. The van der Waals surface area contributed by atoms with Crippen molar-refractivity contribution in [3.8, 4) is 5.75 Å². The minimum atomic E-state index is 0.554. The van der Waals surface area contributed by atoms with Crippen LogP contribution in [-0.2, 0) is 0 Å². The molecule has 0 bridgehead atoms. The zero-order chi connectivity index (χ0) is 11.2. The van der Waals surface area contributed by atoms with E-state index in [4.69, 9.17) is 4.74 Å². The van der Waals surface area contributed by atoms with Gasteiger partial charge < -0.3 is 4.74 Å². The average Bonchev–Trinajstić information content (AvgIpc) is 2.46. The van der Waals surface area contributed by atoms with E-state index in [2.05, 4.69) is 40.7 Å². The smallest absolute Gasteiger partial charge is 0.123 e. The van der Waals surface area contributed by atoms with Crippen LogP contribution in [0, 0.1) is 13.8 Å². The predicted octanol–water partition coefficient (Wildman–Crippen LogP) is 3.92. The van der Waals surface area contributed by atoms with Gasteiger partial charge in [0.05, 0.1) is 6.61 Å². The normalized spacial score (nSPS) is 19.2. The lowest BCUT2D eigenvalue weighted by atomic mass is 9.86. The molecule has 0 spiro atoms. The summed E-state index contributed by atoms with van der Waals surface area (Å²) in [4.78, 5) is 0. The number of fused-ring (bicyclic) bond motifs is 1. The Bertz CT molecular complexity index is 387. The minimum Gasteiger partial charge on any atom is -0.493 e. The van der Waals surface area contributed by atoms with Gasteiger partial charge in [0.25, 0.3) is 0 Å². The van der Waals surface area contributed by atoms with Gasteiger partial charge in [-0.2, -0.15) is 0 Å². The molecule has 0 aromatic heterocycles. The van der Waals surface area contributed by atoms with Gasteiger partial charge in [0, 0.05) is 11.5 Å². The summed E-state index contributed by atoms with van der Waals surface area (Å²) in [7, 11) is 0. The zero-order valence-corrected chi connectivity index (χ0v) is 10.3. The first kappa shape index (κ1) is 10.5. The first-order chi connectivity index (χ1) is 7.02. The third kappa shape index (κ3) is 1.54. The Morgan fingerprint density at radius 3 is 2.60 bits per heavy atom. The highest BCUT2D eigenvalue weighted by Gasteiger charge is 2.25. The molecule has 1 unspecified atom stereocenters. The molecule has 0 amide bonds. The number of rotatable bonds is 1. The lowest BCUT2D eigenvalue weighted by molar-refractivity contribution is 0.337. The zero-order valence-electron chi connectivity index (χ0n) is 10.3. The summed E-state index contributed by atoms with van der Waals surface area (Å²) < 4.78 is 5.71. The van der Waals surface area contributed by atoms with E-state index >= 15 is 0 Å². The summed E-state index contributed by atoms with van der Waals surface area (Å²) in [5.74, 6) is 2.27. The number of aryl methyl sites for hydroxylation is 1. The first-order valence-electron chi connectivity index (χ1n) is 5.79. The number of hydrogen-bond donors (Lipinski definition) is 0. The van der Waals surface area contributed by atoms with Crippen molar-refractivity contribution in [3.05, 3.63) is 28.3 Å². The fourth-order valence-corrected chi connectivity index (χ4v) is 2.90. The summed E-state index contributed by atoms with van der Waals surface area (Å²) in [6.45, 7) is 12.1. The molecule has 15 heavy (non-hydrogen) atoms. The van der Waals surface area contributed by atoms with Gasteiger partial charge in [0.15, 0.2) is 0 Å². The van der Waals surface area contributed by atoms with Gasteiger partial charge in [0.1, 0.15) is 5.75 Å². The molecule has 0 radical (unpaired) electrons. The van der Waals surface area contributed by atoms with Crippen molar-refractivity contribution in [1.82, 2.24) is 0 Å². The lowest BCUT2D eigenvalue weighted by Gasteiger charge is -2.17. The van der Waals surface area contributed by atoms with Crippen molar-refractivity contribution in [2.75, 3.05) is 6.61 Å². The van der Waals surface area contributed by atoms with Crippen LogP contribution in [0.5, 0.6) is 5.75 Å². The molecule has 0 fully saturated rings. The van der Waals surface area contributed by atoms with E-state index in [9.17, 15) is 0 Å². The molecular formula is C14H20O. The highest BCUT2D eigenvalue weighted by atomic mass is 16.5.